The number of carboxylic acid groups (broad SMARTS) is 1. The summed E-state index contributed by atoms with van der Waals surface area (Å²) in [6.45, 7) is 4.88. The molecular formula is C10H13N3O2. The maximum absolute atomic E-state index is 10.7. The molecular weight excluding hydrogens is 194 g/mol. The van der Waals surface area contributed by atoms with E-state index < -0.39 is 5.97 Å². The fraction of sp³-hybridized carbons (Fsp3) is 0.500. The van der Waals surface area contributed by atoms with Gasteiger partial charge in [-0.15, -0.1) is 0 Å². The Morgan fingerprint density at radius 3 is 3.13 bits per heavy atom. The molecule has 2 rings (SSSR count). The Balaban J connectivity index is 2.28. The van der Waals surface area contributed by atoms with E-state index in [2.05, 4.69) is 21.8 Å². The molecule has 2 heterocycles. The van der Waals surface area contributed by atoms with Crippen LogP contribution in [0.15, 0.2) is 6.20 Å². The van der Waals surface area contributed by atoms with Crippen LogP contribution in [0, 0.1) is 0 Å². The number of fused-ring (bicyclic) bond motifs is 1. The number of carboxylic acids is 1. The average molecular weight is 207 g/mol. The third-order valence-corrected chi connectivity index (χ3v) is 2.65. The number of rotatable bonds is 2. The molecule has 5 nitrogen and oxygen atoms in total. The molecule has 0 spiro atoms. The lowest BCUT2D eigenvalue weighted by Crippen LogP contribution is -2.31. The summed E-state index contributed by atoms with van der Waals surface area (Å²) in [5, 5.41) is 8.75. The minimum Gasteiger partial charge on any atom is -0.475 e. The molecule has 0 saturated carbocycles. The van der Waals surface area contributed by atoms with Gasteiger partial charge in [0.05, 0.1) is 5.69 Å². The van der Waals surface area contributed by atoms with E-state index in [0.717, 1.165) is 37.3 Å². The van der Waals surface area contributed by atoms with Crippen molar-refractivity contribution >= 4 is 5.97 Å². The zero-order valence-corrected chi connectivity index (χ0v) is 8.60. The summed E-state index contributed by atoms with van der Waals surface area (Å²) in [5.41, 5.74) is 1.93. The second kappa shape index (κ2) is 3.94. The number of aromatic carboxylic acids is 1. The van der Waals surface area contributed by atoms with Gasteiger partial charge in [-0.2, -0.15) is 0 Å². The van der Waals surface area contributed by atoms with Gasteiger partial charge in [0.1, 0.15) is 0 Å². The summed E-state index contributed by atoms with van der Waals surface area (Å²) in [6, 6.07) is 0. The fourth-order valence-electron chi connectivity index (χ4n) is 1.75. The van der Waals surface area contributed by atoms with Crippen LogP contribution in [0.1, 0.15) is 28.8 Å². The molecule has 1 aromatic rings. The van der Waals surface area contributed by atoms with Gasteiger partial charge in [0.15, 0.2) is 0 Å². The summed E-state index contributed by atoms with van der Waals surface area (Å²) >= 11 is 0. The highest BCUT2D eigenvalue weighted by Crippen LogP contribution is 2.15. The lowest BCUT2D eigenvalue weighted by atomic mass is 10.1. The maximum Gasteiger partial charge on any atom is 0.373 e. The first-order valence-electron chi connectivity index (χ1n) is 5.01. The lowest BCUT2D eigenvalue weighted by Gasteiger charge is -2.26. The monoisotopic (exact) mass is 207 g/mol. The van der Waals surface area contributed by atoms with Crippen molar-refractivity contribution in [3.63, 3.8) is 0 Å². The molecule has 0 radical (unpaired) electrons. The van der Waals surface area contributed by atoms with Gasteiger partial charge < -0.3 is 5.11 Å². The molecule has 1 aromatic heterocycles. The van der Waals surface area contributed by atoms with E-state index in [9.17, 15) is 4.79 Å². The summed E-state index contributed by atoms with van der Waals surface area (Å²) < 4.78 is 0. The van der Waals surface area contributed by atoms with Crippen LogP contribution in [0.2, 0.25) is 0 Å². The smallest absolute Gasteiger partial charge is 0.373 e. The summed E-state index contributed by atoms with van der Waals surface area (Å²) in [4.78, 5) is 20.8. The number of hydrogen-bond acceptors (Lipinski definition) is 4. The number of aromatic nitrogens is 2. The molecule has 5 heteroatoms. The Morgan fingerprint density at radius 2 is 2.47 bits per heavy atom. The highest BCUT2D eigenvalue weighted by atomic mass is 16.4. The molecule has 1 aliphatic heterocycles. The van der Waals surface area contributed by atoms with E-state index in [4.69, 9.17) is 5.11 Å². The Morgan fingerprint density at radius 1 is 1.67 bits per heavy atom. The Hall–Kier alpha value is -1.49. The number of likely N-dealkylation sites (N-methyl/N-ethyl adjacent to an activating group) is 1. The largest absolute Gasteiger partial charge is 0.475 e. The zero-order chi connectivity index (χ0) is 10.8. The first-order valence-corrected chi connectivity index (χ1v) is 5.01. The van der Waals surface area contributed by atoms with Crippen molar-refractivity contribution in [2.24, 2.45) is 0 Å². The van der Waals surface area contributed by atoms with Crippen LogP contribution < -0.4 is 0 Å². The molecule has 0 fully saturated rings. The molecule has 1 aliphatic rings. The van der Waals surface area contributed by atoms with E-state index in [-0.39, 0.29) is 5.82 Å². The van der Waals surface area contributed by atoms with E-state index >= 15 is 0 Å². The van der Waals surface area contributed by atoms with E-state index in [1.807, 2.05) is 0 Å². The molecule has 0 saturated heterocycles. The molecule has 0 atom stereocenters. The van der Waals surface area contributed by atoms with Gasteiger partial charge in [0.2, 0.25) is 5.82 Å². The van der Waals surface area contributed by atoms with Crippen molar-refractivity contribution in [2.75, 3.05) is 13.1 Å². The minimum absolute atomic E-state index is 0.0984. The first kappa shape index (κ1) is 10.0. The van der Waals surface area contributed by atoms with Crippen LogP contribution >= 0.6 is 0 Å². The van der Waals surface area contributed by atoms with Gasteiger partial charge in [0, 0.05) is 31.3 Å². The fourth-order valence-corrected chi connectivity index (χ4v) is 1.75. The molecule has 0 unspecified atom stereocenters. The van der Waals surface area contributed by atoms with Gasteiger partial charge >= 0.3 is 5.97 Å². The predicted octanol–water partition coefficient (Wildman–Crippen LogP) is 0.553. The van der Waals surface area contributed by atoms with Crippen molar-refractivity contribution in [3.8, 4) is 0 Å². The minimum atomic E-state index is -1.06. The highest BCUT2D eigenvalue weighted by molar-refractivity contribution is 5.83. The van der Waals surface area contributed by atoms with E-state index in [0.29, 0.717) is 0 Å². The van der Waals surface area contributed by atoms with Gasteiger partial charge in [-0.3, -0.25) is 4.90 Å². The number of nitrogens with zero attached hydrogens (tertiary/aromatic N) is 3. The molecule has 0 aromatic carbocycles. The van der Waals surface area contributed by atoms with Crippen LogP contribution in [0.3, 0.4) is 0 Å². The Labute approximate surface area is 87.8 Å². The maximum atomic E-state index is 10.7. The molecule has 1 N–H and O–H groups in total. The molecule has 0 bridgehead atoms. The van der Waals surface area contributed by atoms with E-state index in [1.54, 1.807) is 6.20 Å². The Kier molecular flexibility index (Phi) is 2.64. The van der Waals surface area contributed by atoms with Gasteiger partial charge in [-0.05, 0) is 6.54 Å². The molecule has 0 amide bonds. The standard InChI is InChI=1S/C10H13N3O2/c1-2-13-4-3-8-7(6-13)5-11-9(12-8)10(14)15/h5H,2-4,6H2,1H3,(H,14,15). The van der Waals surface area contributed by atoms with Crippen LogP contribution in [0.25, 0.3) is 0 Å². The third-order valence-electron chi connectivity index (χ3n) is 2.65. The van der Waals surface area contributed by atoms with Crippen LogP contribution in [-0.4, -0.2) is 39.0 Å². The van der Waals surface area contributed by atoms with Crippen molar-refractivity contribution in [1.29, 1.82) is 0 Å². The summed E-state index contributed by atoms with van der Waals surface area (Å²) in [5.74, 6) is -1.16. The third kappa shape index (κ3) is 1.97. The normalized spacial score (nSPS) is 16.1. The average Bonchev–Trinajstić information content (AvgIpc) is 2.27. The second-order valence-electron chi connectivity index (χ2n) is 3.59. The Bertz CT molecular complexity index is 392. The van der Waals surface area contributed by atoms with Crippen LogP contribution in [0.5, 0.6) is 0 Å². The molecule has 80 valence electrons. The van der Waals surface area contributed by atoms with Crippen molar-refractivity contribution in [3.05, 3.63) is 23.3 Å². The van der Waals surface area contributed by atoms with Crippen molar-refractivity contribution in [2.45, 2.75) is 19.9 Å². The lowest BCUT2D eigenvalue weighted by molar-refractivity contribution is 0.0682. The van der Waals surface area contributed by atoms with Crippen molar-refractivity contribution < 1.29 is 9.90 Å². The van der Waals surface area contributed by atoms with Gasteiger partial charge in [0.25, 0.3) is 0 Å². The zero-order valence-electron chi connectivity index (χ0n) is 8.60. The van der Waals surface area contributed by atoms with E-state index in [1.165, 1.54) is 0 Å². The highest BCUT2D eigenvalue weighted by Gasteiger charge is 2.18. The summed E-state index contributed by atoms with van der Waals surface area (Å²) in [7, 11) is 0. The number of hydrogen-bond donors (Lipinski definition) is 1. The quantitative estimate of drug-likeness (QED) is 0.767. The van der Waals surface area contributed by atoms with Crippen LogP contribution in [0.4, 0.5) is 0 Å². The predicted molar refractivity (Wildman–Crippen MR) is 53.6 cm³/mol. The second-order valence-corrected chi connectivity index (χ2v) is 3.59. The molecule has 15 heavy (non-hydrogen) atoms. The SMILES string of the molecule is CCN1CCc2nc(C(=O)O)ncc2C1. The van der Waals surface area contributed by atoms with Crippen LogP contribution in [-0.2, 0) is 13.0 Å². The first-order chi connectivity index (χ1) is 7.20. The number of carbonyl (C=O) groups is 1. The topological polar surface area (TPSA) is 66.3 Å². The molecule has 0 aliphatic carbocycles. The van der Waals surface area contributed by atoms with Crippen molar-refractivity contribution in [1.82, 2.24) is 14.9 Å². The van der Waals surface area contributed by atoms with Gasteiger partial charge in [-0.25, -0.2) is 14.8 Å². The van der Waals surface area contributed by atoms with Gasteiger partial charge in [-0.1, -0.05) is 6.92 Å². The summed E-state index contributed by atoms with van der Waals surface area (Å²) in [6.07, 6.45) is 2.44.